The Labute approximate surface area is 151 Å². The molecule has 6 heteroatoms. The minimum atomic E-state index is -0.341. The van der Waals surface area contributed by atoms with Gasteiger partial charge in [-0.25, -0.2) is 0 Å². The van der Waals surface area contributed by atoms with E-state index in [4.69, 9.17) is 4.42 Å². The SMILES string of the molecule is Cc1cc(C(=O)NNC(=O)CCc2ccco2)c(C)n1-c1ccccc1. The lowest BCUT2D eigenvalue weighted by atomic mass is 10.2. The topological polar surface area (TPSA) is 76.3 Å². The monoisotopic (exact) mass is 351 g/mol. The van der Waals surface area contributed by atoms with E-state index in [0.29, 0.717) is 12.0 Å². The summed E-state index contributed by atoms with van der Waals surface area (Å²) in [6.45, 7) is 3.83. The van der Waals surface area contributed by atoms with Crippen molar-refractivity contribution in [2.24, 2.45) is 0 Å². The smallest absolute Gasteiger partial charge is 0.271 e. The second-order valence-corrected chi connectivity index (χ2v) is 6.04. The van der Waals surface area contributed by atoms with Crippen molar-refractivity contribution in [3.63, 3.8) is 0 Å². The molecule has 0 saturated carbocycles. The number of carbonyl (C=O) groups is 2. The Morgan fingerprint density at radius 3 is 2.50 bits per heavy atom. The molecule has 134 valence electrons. The zero-order chi connectivity index (χ0) is 18.5. The van der Waals surface area contributed by atoms with E-state index in [1.54, 1.807) is 12.3 Å². The van der Waals surface area contributed by atoms with Gasteiger partial charge in [0.05, 0.1) is 11.8 Å². The molecule has 2 aromatic heterocycles. The molecule has 0 fully saturated rings. The zero-order valence-corrected chi connectivity index (χ0v) is 14.8. The van der Waals surface area contributed by atoms with Gasteiger partial charge in [0.15, 0.2) is 0 Å². The molecule has 0 aliphatic carbocycles. The lowest BCUT2D eigenvalue weighted by molar-refractivity contribution is -0.121. The summed E-state index contributed by atoms with van der Waals surface area (Å²) in [4.78, 5) is 24.3. The van der Waals surface area contributed by atoms with Gasteiger partial charge in [-0.2, -0.15) is 0 Å². The summed E-state index contributed by atoms with van der Waals surface area (Å²) < 4.78 is 7.19. The van der Waals surface area contributed by atoms with Crippen LogP contribution in [0, 0.1) is 13.8 Å². The highest BCUT2D eigenvalue weighted by atomic mass is 16.3. The first-order valence-electron chi connectivity index (χ1n) is 8.42. The molecule has 2 N–H and O–H groups in total. The minimum Gasteiger partial charge on any atom is -0.469 e. The van der Waals surface area contributed by atoms with Crippen LogP contribution in [0.2, 0.25) is 0 Å². The van der Waals surface area contributed by atoms with Gasteiger partial charge in [0.1, 0.15) is 5.76 Å². The average Bonchev–Trinajstić information content (AvgIpc) is 3.26. The summed E-state index contributed by atoms with van der Waals surface area (Å²) in [5.74, 6) is 0.121. The van der Waals surface area contributed by atoms with Crippen LogP contribution in [0.25, 0.3) is 5.69 Å². The predicted octanol–water partition coefficient (Wildman–Crippen LogP) is 3.08. The summed E-state index contributed by atoms with van der Waals surface area (Å²) >= 11 is 0. The first-order valence-corrected chi connectivity index (χ1v) is 8.42. The average molecular weight is 351 g/mol. The van der Waals surface area contributed by atoms with Crippen molar-refractivity contribution in [1.29, 1.82) is 0 Å². The van der Waals surface area contributed by atoms with Gasteiger partial charge in [0.25, 0.3) is 5.91 Å². The highest BCUT2D eigenvalue weighted by molar-refractivity contribution is 5.97. The minimum absolute atomic E-state index is 0.233. The molecule has 2 heterocycles. The number of amides is 2. The summed E-state index contributed by atoms with van der Waals surface area (Å²) in [6.07, 6.45) is 2.28. The number of benzene rings is 1. The number of hydrazine groups is 1. The van der Waals surface area contributed by atoms with E-state index in [1.165, 1.54) is 0 Å². The van der Waals surface area contributed by atoms with Crippen molar-refractivity contribution in [3.8, 4) is 5.69 Å². The Kier molecular flexibility index (Phi) is 5.22. The first kappa shape index (κ1) is 17.5. The number of nitrogens with one attached hydrogen (secondary N) is 2. The normalized spacial score (nSPS) is 10.5. The number of para-hydroxylation sites is 1. The molecule has 0 unspecified atom stereocenters. The van der Waals surface area contributed by atoms with Gasteiger partial charge in [-0.3, -0.25) is 20.4 Å². The van der Waals surface area contributed by atoms with Crippen LogP contribution in [0.5, 0.6) is 0 Å². The van der Waals surface area contributed by atoms with Crippen LogP contribution in [0.4, 0.5) is 0 Å². The number of hydrogen-bond donors (Lipinski definition) is 2. The Bertz CT molecular complexity index is 896. The standard InChI is InChI=1S/C20H21N3O3/c1-14-13-18(15(2)23(14)16-7-4-3-5-8-16)20(25)22-21-19(24)11-10-17-9-6-12-26-17/h3-9,12-13H,10-11H2,1-2H3,(H,21,24)(H,22,25). The quantitative estimate of drug-likeness (QED) is 0.694. The van der Waals surface area contributed by atoms with Gasteiger partial charge in [0, 0.05) is 29.9 Å². The van der Waals surface area contributed by atoms with Crippen molar-refractivity contribution >= 4 is 11.8 Å². The Morgan fingerprint density at radius 2 is 1.81 bits per heavy atom. The van der Waals surface area contributed by atoms with Gasteiger partial charge in [0.2, 0.25) is 5.91 Å². The van der Waals surface area contributed by atoms with E-state index in [2.05, 4.69) is 10.9 Å². The van der Waals surface area contributed by atoms with Gasteiger partial charge < -0.3 is 8.98 Å². The lowest BCUT2D eigenvalue weighted by Gasteiger charge is -2.10. The summed E-state index contributed by atoms with van der Waals surface area (Å²) in [5.41, 5.74) is 8.21. The van der Waals surface area contributed by atoms with E-state index in [-0.39, 0.29) is 18.2 Å². The molecule has 3 rings (SSSR count). The van der Waals surface area contributed by atoms with Crippen molar-refractivity contribution < 1.29 is 14.0 Å². The summed E-state index contributed by atoms with van der Waals surface area (Å²) in [5, 5.41) is 0. The number of aryl methyl sites for hydroxylation is 2. The number of hydrogen-bond acceptors (Lipinski definition) is 3. The van der Waals surface area contributed by atoms with E-state index in [0.717, 1.165) is 22.8 Å². The molecule has 0 aliphatic heterocycles. The van der Waals surface area contributed by atoms with Crippen LogP contribution in [0.3, 0.4) is 0 Å². The molecule has 0 saturated heterocycles. The second kappa shape index (κ2) is 7.74. The molecule has 3 aromatic rings. The van der Waals surface area contributed by atoms with Crippen molar-refractivity contribution in [2.45, 2.75) is 26.7 Å². The van der Waals surface area contributed by atoms with E-state index >= 15 is 0 Å². The number of carbonyl (C=O) groups excluding carboxylic acids is 2. The lowest BCUT2D eigenvalue weighted by Crippen LogP contribution is -2.41. The summed E-state index contributed by atoms with van der Waals surface area (Å²) in [6, 6.07) is 15.2. The molecule has 0 spiro atoms. The maximum atomic E-state index is 12.4. The zero-order valence-electron chi connectivity index (χ0n) is 14.8. The van der Waals surface area contributed by atoms with Crippen LogP contribution < -0.4 is 10.9 Å². The fourth-order valence-corrected chi connectivity index (χ4v) is 2.91. The molecular weight excluding hydrogens is 330 g/mol. The largest absolute Gasteiger partial charge is 0.469 e. The van der Waals surface area contributed by atoms with Crippen LogP contribution >= 0.6 is 0 Å². The van der Waals surface area contributed by atoms with Crippen LogP contribution in [-0.4, -0.2) is 16.4 Å². The highest BCUT2D eigenvalue weighted by Gasteiger charge is 2.17. The molecule has 1 aromatic carbocycles. The van der Waals surface area contributed by atoms with Gasteiger partial charge in [-0.1, -0.05) is 18.2 Å². The predicted molar refractivity (Wildman–Crippen MR) is 97.9 cm³/mol. The first-order chi connectivity index (χ1) is 12.6. The highest BCUT2D eigenvalue weighted by Crippen LogP contribution is 2.20. The van der Waals surface area contributed by atoms with Crippen LogP contribution in [-0.2, 0) is 11.2 Å². The van der Waals surface area contributed by atoms with E-state index < -0.39 is 0 Å². The third kappa shape index (κ3) is 3.85. The van der Waals surface area contributed by atoms with E-state index in [9.17, 15) is 9.59 Å². The Morgan fingerprint density at radius 1 is 1.04 bits per heavy atom. The van der Waals surface area contributed by atoms with Gasteiger partial charge in [-0.15, -0.1) is 0 Å². The molecule has 26 heavy (non-hydrogen) atoms. The van der Waals surface area contributed by atoms with Gasteiger partial charge in [-0.05, 0) is 44.2 Å². The Hall–Kier alpha value is -3.28. The third-order valence-electron chi connectivity index (χ3n) is 4.18. The van der Waals surface area contributed by atoms with Crippen molar-refractivity contribution in [3.05, 3.63) is 77.5 Å². The molecule has 6 nitrogen and oxygen atoms in total. The van der Waals surface area contributed by atoms with Crippen LogP contribution in [0.1, 0.15) is 33.9 Å². The van der Waals surface area contributed by atoms with Crippen LogP contribution in [0.15, 0.2) is 59.2 Å². The maximum absolute atomic E-state index is 12.4. The second-order valence-electron chi connectivity index (χ2n) is 6.04. The van der Waals surface area contributed by atoms with E-state index in [1.807, 2.05) is 60.9 Å². The fraction of sp³-hybridized carbons (Fsp3) is 0.200. The Balaban J connectivity index is 1.62. The van der Waals surface area contributed by atoms with Crippen molar-refractivity contribution in [2.75, 3.05) is 0 Å². The molecule has 0 bridgehead atoms. The molecular formula is C20H21N3O3. The third-order valence-corrected chi connectivity index (χ3v) is 4.18. The van der Waals surface area contributed by atoms with Crippen molar-refractivity contribution in [1.82, 2.24) is 15.4 Å². The van der Waals surface area contributed by atoms with Gasteiger partial charge >= 0.3 is 0 Å². The molecule has 2 amide bonds. The number of nitrogens with zero attached hydrogens (tertiary/aromatic N) is 1. The summed E-state index contributed by atoms with van der Waals surface area (Å²) in [7, 11) is 0. The maximum Gasteiger partial charge on any atom is 0.271 e. The molecule has 0 atom stereocenters. The molecule has 0 radical (unpaired) electrons. The fourth-order valence-electron chi connectivity index (χ4n) is 2.91. The molecule has 0 aliphatic rings. The number of rotatable bonds is 5. The number of aromatic nitrogens is 1. The number of furan rings is 1.